The van der Waals surface area contributed by atoms with Gasteiger partial charge in [0.25, 0.3) is 0 Å². The molecule has 1 aromatic heterocycles. The van der Waals surface area contributed by atoms with E-state index >= 15 is 0 Å². The number of fused-ring (bicyclic) bond motifs is 1. The van der Waals surface area contributed by atoms with Crippen LogP contribution < -0.4 is 4.74 Å². The van der Waals surface area contributed by atoms with Gasteiger partial charge in [0.1, 0.15) is 18.0 Å². The third kappa shape index (κ3) is 6.85. The van der Waals surface area contributed by atoms with Crippen molar-refractivity contribution in [3.05, 3.63) is 101 Å². The van der Waals surface area contributed by atoms with Crippen LogP contribution in [-0.2, 0) is 11.3 Å². The van der Waals surface area contributed by atoms with Crippen LogP contribution in [-0.4, -0.2) is 46.0 Å². The molecule has 1 amide bonds. The van der Waals surface area contributed by atoms with Crippen LogP contribution in [0.2, 0.25) is 5.02 Å². The van der Waals surface area contributed by atoms with Crippen LogP contribution in [0.5, 0.6) is 5.75 Å². The van der Waals surface area contributed by atoms with Crippen LogP contribution in [0.3, 0.4) is 0 Å². The highest BCUT2D eigenvalue weighted by atomic mass is 35.5. The van der Waals surface area contributed by atoms with E-state index in [1.54, 1.807) is 7.05 Å². The number of halogens is 1. The summed E-state index contributed by atoms with van der Waals surface area (Å²) in [6.45, 7) is 6.01. The van der Waals surface area contributed by atoms with Gasteiger partial charge in [0.2, 0.25) is 0 Å². The molecule has 0 bridgehead atoms. The van der Waals surface area contributed by atoms with Gasteiger partial charge in [0.05, 0.1) is 18.7 Å². The Kier molecular flexibility index (Phi) is 8.10. The molecular formula is C30H33ClN2O4. The minimum atomic E-state index is -0.878. The van der Waals surface area contributed by atoms with E-state index < -0.39 is 23.8 Å². The number of aliphatic hydroxyl groups is 1. The lowest BCUT2D eigenvalue weighted by molar-refractivity contribution is 0.0168. The zero-order valence-electron chi connectivity index (χ0n) is 21.6. The fraction of sp³-hybridized carbons (Fsp3) is 0.300. The largest absolute Gasteiger partial charge is 0.489 e. The monoisotopic (exact) mass is 520 g/mol. The second kappa shape index (κ2) is 11.3. The van der Waals surface area contributed by atoms with E-state index in [4.69, 9.17) is 21.1 Å². The first-order chi connectivity index (χ1) is 17.6. The van der Waals surface area contributed by atoms with Crippen LogP contribution >= 0.6 is 11.6 Å². The van der Waals surface area contributed by atoms with Gasteiger partial charge in [0.15, 0.2) is 0 Å². The molecule has 37 heavy (non-hydrogen) atoms. The third-order valence-electron chi connectivity index (χ3n) is 5.98. The van der Waals surface area contributed by atoms with Gasteiger partial charge in [0, 0.05) is 29.2 Å². The predicted octanol–water partition coefficient (Wildman–Crippen LogP) is 6.69. The molecule has 194 valence electrons. The van der Waals surface area contributed by atoms with Crippen LogP contribution in [0.15, 0.2) is 85.1 Å². The summed E-state index contributed by atoms with van der Waals surface area (Å²) in [5.74, 6) is 0.752. The van der Waals surface area contributed by atoms with Gasteiger partial charge in [-0.15, -0.1) is 0 Å². The lowest BCUT2D eigenvalue weighted by Gasteiger charge is -2.30. The highest BCUT2D eigenvalue weighted by Gasteiger charge is 2.28. The number of carbonyl (C=O) groups is 1. The molecule has 0 saturated heterocycles. The van der Waals surface area contributed by atoms with Crippen molar-refractivity contribution in [2.24, 2.45) is 0 Å². The number of hydrogen-bond acceptors (Lipinski definition) is 4. The second-order valence-electron chi connectivity index (χ2n) is 10.1. The van der Waals surface area contributed by atoms with Gasteiger partial charge >= 0.3 is 6.09 Å². The van der Waals surface area contributed by atoms with Crippen molar-refractivity contribution in [3.63, 3.8) is 0 Å². The predicted molar refractivity (Wildman–Crippen MR) is 147 cm³/mol. The van der Waals surface area contributed by atoms with Crippen LogP contribution in [0.25, 0.3) is 10.9 Å². The van der Waals surface area contributed by atoms with Crippen molar-refractivity contribution in [2.75, 3.05) is 13.6 Å². The van der Waals surface area contributed by atoms with E-state index in [1.807, 2.05) is 110 Å². The van der Waals surface area contributed by atoms with E-state index in [-0.39, 0.29) is 6.54 Å². The number of rotatable bonds is 8. The van der Waals surface area contributed by atoms with E-state index in [0.29, 0.717) is 11.6 Å². The zero-order valence-corrected chi connectivity index (χ0v) is 22.4. The molecule has 4 rings (SSSR count). The maximum atomic E-state index is 12.5. The maximum absolute atomic E-state index is 12.5. The summed E-state index contributed by atoms with van der Waals surface area (Å²) < 4.78 is 13.5. The Hall–Kier alpha value is -3.48. The lowest BCUT2D eigenvalue weighted by atomic mass is 10.0. The summed E-state index contributed by atoms with van der Waals surface area (Å²) in [5.41, 5.74) is 2.31. The summed E-state index contributed by atoms with van der Waals surface area (Å²) in [7, 11) is 1.64. The number of aliphatic hydroxyl groups excluding tert-OH is 1. The molecule has 2 atom stereocenters. The van der Waals surface area contributed by atoms with Crippen LogP contribution in [0.1, 0.15) is 37.9 Å². The normalized spacial score (nSPS) is 13.2. The first-order valence-electron chi connectivity index (χ1n) is 12.3. The number of nitrogens with zero attached hydrogens (tertiary/aromatic N) is 2. The molecule has 6 nitrogen and oxygen atoms in total. The molecule has 1 heterocycles. The number of ether oxygens (including phenoxy) is 2. The molecule has 0 aliphatic heterocycles. The van der Waals surface area contributed by atoms with Crippen molar-refractivity contribution in [1.82, 2.24) is 9.47 Å². The minimum Gasteiger partial charge on any atom is -0.489 e. The van der Waals surface area contributed by atoms with Gasteiger partial charge in [-0.25, -0.2) is 4.79 Å². The Labute approximate surface area is 223 Å². The Morgan fingerprint density at radius 1 is 1.03 bits per heavy atom. The van der Waals surface area contributed by atoms with Crippen molar-refractivity contribution < 1.29 is 19.4 Å². The summed E-state index contributed by atoms with van der Waals surface area (Å²) in [5, 5.41) is 13.1. The molecule has 0 aliphatic rings. The number of hydrogen-bond donors (Lipinski definition) is 1. The molecule has 0 radical (unpaired) electrons. The number of likely N-dealkylation sites (N-methyl/N-ethyl adjacent to an activating group) is 1. The van der Waals surface area contributed by atoms with Crippen molar-refractivity contribution in [2.45, 2.75) is 45.1 Å². The van der Waals surface area contributed by atoms with E-state index in [0.717, 1.165) is 27.8 Å². The summed E-state index contributed by atoms with van der Waals surface area (Å²) in [4.78, 5) is 14.0. The molecule has 0 saturated carbocycles. The first kappa shape index (κ1) is 26.6. The number of aromatic nitrogens is 1. The minimum absolute atomic E-state index is 0.108. The smallest absolute Gasteiger partial charge is 0.410 e. The molecular weight excluding hydrogens is 488 g/mol. The fourth-order valence-electron chi connectivity index (χ4n) is 4.23. The molecule has 4 aromatic rings. The standard InChI is InChI=1S/C30H33ClN2O4/c1-30(2,3)37-29(35)32(4)19-27(34)28(22-8-6-5-7-9-22)33-17-16-23-18-25(14-15-26(23)33)36-20-21-10-12-24(31)13-11-21/h5-18,27-28,34H,19-20H2,1-4H3/t27-,28+/m1/s1. The summed E-state index contributed by atoms with van der Waals surface area (Å²) in [6, 6.07) is 24.9. The Morgan fingerprint density at radius 2 is 1.73 bits per heavy atom. The molecule has 0 unspecified atom stereocenters. The Balaban J connectivity index is 1.57. The van der Waals surface area contributed by atoms with Gasteiger partial charge in [-0.3, -0.25) is 0 Å². The van der Waals surface area contributed by atoms with Gasteiger partial charge in [-0.2, -0.15) is 0 Å². The number of carbonyl (C=O) groups excluding carboxylic acids is 1. The number of benzene rings is 3. The third-order valence-corrected chi connectivity index (χ3v) is 6.23. The zero-order chi connectivity index (χ0) is 26.6. The maximum Gasteiger partial charge on any atom is 0.410 e. The molecule has 1 N–H and O–H groups in total. The van der Waals surface area contributed by atoms with Crippen molar-refractivity contribution in [3.8, 4) is 5.75 Å². The molecule has 3 aromatic carbocycles. The van der Waals surface area contributed by atoms with Gasteiger partial charge < -0.3 is 24.0 Å². The van der Waals surface area contributed by atoms with Gasteiger partial charge in [-0.05, 0) is 68.3 Å². The highest BCUT2D eigenvalue weighted by Crippen LogP contribution is 2.31. The molecule has 0 spiro atoms. The quantitative estimate of drug-likeness (QED) is 0.281. The first-order valence-corrected chi connectivity index (χ1v) is 12.6. The average Bonchev–Trinajstić information content (AvgIpc) is 3.26. The number of amides is 1. The summed E-state index contributed by atoms with van der Waals surface area (Å²) >= 11 is 5.97. The molecule has 7 heteroatoms. The second-order valence-corrected chi connectivity index (χ2v) is 10.6. The Morgan fingerprint density at radius 3 is 2.41 bits per heavy atom. The molecule has 0 fully saturated rings. The van der Waals surface area contributed by atoms with Crippen molar-refractivity contribution in [1.29, 1.82) is 0 Å². The lowest BCUT2D eigenvalue weighted by Crippen LogP contribution is -2.41. The van der Waals surface area contributed by atoms with E-state index in [9.17, 15) is 9.90 Å². The van der Waals surface area contributed by atoms with Gasteiger partial charge in [-0.1, -0.05) is 54.1 Å². The average molecular weight is 521 g/mol. The van der Waals surface area contributed by atoms with Crippen LogP contribution in [0.4, 0.5) is 4.79 Å². The van der Waals surface area contributed by atoms with E-state index in [2.05, 4.69) is 0 Å². The Bertz CT molecular complexity index is 1330. The van der Waals surface area contributed by atoms with E-state index in [1.165, 1.54) is 4.90 Å². The van der Waals surface area contributed by atoms with Crippen LogP contribution in [0, 0.1) is 0 Å². The SMILES string of the molecule is CN(C[C@@H](O)[C@H](c1ccccc1)n1ccc2cc(OCc3ccc(Cl)cc3)ccc21)C(=O)OC(C)(C)C. The van der Waals surface area contributed by atoms with Crippen molar-refractivity contribution >= 4 is 28.6 Å². The topological polar surface area (TPSA) is 63.9 Å². The molecule has 0 aliphatic carbocycles. The summed E-state index contributed by atoms with van der Waals surface area (Å²) in [6.07, 6.45) is 0.608. The fourth-order valence-corrected chi connectivity index (χ4v) is 4.36. The highest BCUT2D eigenvalue weighted by molar-refractivity contribution is 6.30.